The summed E-state index contributed by atoms with van der Waals surface area (Å²) in [4.78, 5) is 14.6. The number of halogens is 2. The minimum atomic E-state index is -0.373. The van der Waals surface area contributed by atoms with Crippen molar-refractivity contribution in [3.05, 3.63) is 259 Å². The maximum absolute atomic E-state index is 16.6. The van der Waals surface area contributed by atoms with Crippen LogP contribution < -0.4 is 0 Å². The van der Waals surface area contributed by atoms with E-state index in [2.05, 4.69) is 84.9 Å². The maximum atomic E-state index is 16.6. The second-order valence-electron chi connectivity index (χ2n) is 16.6. The largest absolute Gasteiger partial charge is 0.256 e. The summed E-state index contributed by atoms with van der Waals surface area (Å²) in [6, 6.07) is 67.7. The van der Waals surface area contributed by atoms with E-state index in [1.807, 2.05) is 110 Å². The van der Waals surface area contributed by atoms with E-state index in [4.69, 9.17) is 15.0 Å². The van der Waals surface area contributed by atoms with Gasteiger partial charge >= 0.3 is 0 Å². The molecule has 0 amide bonds. The van der Waals surface area contributed by atoms with Crippen LogP contribution in [-0.2, 0) is 25.7 Å². The third kappa shape index (κ3) is 9.52. The Bertz CT molecular complexity index is 3120. The van der Waals surface area contributed by atoms with Gasteiger partial charge in [0, 0.05) is 46.4 Å². The van der Waals surface area contributed by atoms with Gasteiger partial charge in [0.25, 0.3) is 0 Å². The summed E-state index contributed by atoms with van der Waals surface area (Å²) in [5.41, 5.74) is 17.1. The maximum Gasteiger partial charge on any atom is 0.131 e. The van der Waals surface area contributed by atoms with Crippen molar-refractivity contribution in [2.45, 2.75) is 25.7 Å². The van der Waals surface area contributed by atoms with Gasteiger partial charge in [0.05, 0.1) is 17.1 Å². The Balaban J connectivity index is 1.02. The molecule has 0 bridgehead atoms. The van der Waals surface area contributed by atoms with E-state index in [0.29, 0.717) is 11.1 Å². The summed E-state index contributed by atoms with van der Waals surface area (Å²) >= 11 is 0. The van der Waals surface area contributed by atoms with Crippen LogP contribution in [0.4, 0.5) is 8.78 Å². The Morgan fingerprint density at radius 3 is 1.29 bits per heavy atom. The minimum absolute atomic E-state index is 0.334. The molecule has 66 heavy (non-hydrogen) atoms. The molecule has 10 aromatic rings. The molecule has 3 heterocycles. The zero-order valence-electron chi connectivity index (χ0n) is 36.3. The second-order valence-corrected chi connectivity index (χ2v) is 16.6. The summed E-state index contributed by atoms with van der Waals surface area (Å²) in [7, 11) is 0. The van der Waals surface area contributed by atoms with E-state index in [-0.39, 0.29) is 11.6 Å². The fraction of sp³-hybridized carbons (Fsp3) is 0.0656. The normalized spacial score (nSPS) is 11.1. The summed E-state index contributed by atoms with van der Waals surface area (Å²) in [6.45, 7) is 0. The first-order valence-electron chi connectivity index (χ1n) is 22.4. The van der Waals surface area contributed by atoms with E-state index < -0.39 is 0 Å². The highest BCUT2D eigenvalue weighted by Crippen LogP contribution is 2.41. The molecule has 0 radical (unpaired) electrons. The van der Waals surface area contributed by atoms with Crippen molar-refractivity contribution in [1.82, 2.24) is 15.0 Å². The van der Waals surface area contributed by atoms with Gasteiger partial charge in [0.1, 0.15) is 11.6 Å². The second kappa shape index (κ2) is 19.3. The van der Waals surface area contributed by atoms with Gasteiger partial charge in [-0.1, -0.05) is 170 Å². The lowest BCUT2D eigenvalue weighted by atomic mass is 9.87. The lowest BCUT2D eigenvalue weighted by Gasteiger charge is -2.18. The van der Waals surface area contributed by atoms with Crippen LogP contribution in [0.3, 0.4) is 0 Å². The van der Waals surface area contributed by atoms with Crippen LogP contribution >= 0.6 is 0 Å². The highest BCUT2D eigenvalue weighted by molar-refractivity contribution is 5.93. The van der Waals surface area contributed by atoms with Crippen LogP contribution in [0.5, 0.6) is 0 Å². The van der Waals surface area contributed by atoms with Crippen molar-refractivity contribution >= 4 is 0 Å². The van der Waals surface area contributed by atoms with Crippen molar-refractivity contribution in [2.75, 3.05) is 0 Å². The number of rotatable bonds is 13. The van der Waals surface area contributed by atoms with Gasteiger partial charge in [-0.15, -0.1) is 0 Å². The number of benzene rings is 7. The molecule has 5 heteroatoms. The average molecular weight is 858 g/mol. The quantitative estimate of drug-likeness (QED) is 0.116. The Labute approximate surface area is 384 Å². The molecule has 0 fully saturated rings. The predicted molar refractivity (Wildman–Crippen MR) is 265 cm³/mol. The molecule has 3 aromatic heterocycles. The Hall–Kier alpha value is -8.15. The van der Waals surface area contributed by atoms with Gasteiger partial charge in [-0.2, -0.15) is 0 Å². The topological polar surface area (TPSA) is 38.7 Å². The molecule has 0 aliphatic rings. The molecule has 0 saturated carbocycles. The van der Waals surface area contributed by atoms with Gasteiger partial charge in [-0.05, 0) is 118 Å². The van der Waals surface area contributed by atoms with Crippen molar-refractivity contribution in [2.24, 2.45) is 0 Å². The third-order valence-corrected chi connectivity index (χ3v) is 12.2. The standard InChI is InChI=1S/C61H45F2N3/c62-52-29-26-46(27-30-52)50-28-31-55(58(63)37-50)56-38-61(49-16-8-3-9-17-49)66-41-57(56)54-19-11-10-18-53(54)51-35-44(22-20-42-24-32-59(64-39-42)47-12-4-1-5-13-47)34-45(36-51)23-21-43-25-33-60(65-40-43)48-14-6-2-7-15-48/h1-19,24-41H,20-23H2. The monoisotopic (exact) mass is 857 g/mol. The van der Waals surface area contributed by atoms with Crippen LogP contribution in [0.1, 0.15) is 22.3 Å². The van der Waals surface area contributed by atoms with Crippen LogP contribution in [-0.4, -0.2) is 15.0 Å². The van der Waals surface area contributed by atoms with Crippen LogP contribution in [0.25, 0.3) is 78.3 Å². The van der Waals surface area contributed by atoms with Gasteiger partial charge in [-0.3, -0.25) is 15.0 Å². The first kappa shape index (κ1) is 41.8. The van der Waals surface area contributed by atoms with Crippen molar-refractivity contribution < 1.29 is 8.78 Å². The van der Waals surface area contributed by atoms with Gasteiger partial charge in [0.2, 0.25) is 0 Å². The fourth-order valence-corrected chi connectivity index (χ4v) is 8.67. The van der Waals surface area contributed by atoms with Crippen molar-refractivity contribution in [1.29, 1.82) is 0 Å². The smallest absolute Gasteiger partial charge is 0.131 e. The lowest BCUT2D eigenvalue weighted by Crippen LogP contribution is -1.99. The molecule has 0 N–H and O–H groups in total. The molecule has 318 valence electrons. The highest BCUT2D eigenvalue weighted by Gasteiger charge is 2.19. The molecule has 0 saturated heterocycles. The number of aromatic nitrogens is 3. The average Bonchev–Trinajstić information content (AvgIpc) is 3.38. The molecular formula is C61H45F2N3. The number of nitrogens with zero attached hydrogens (tertiary/aromatic N) is 3. The molecule has 0 aliphatic heterocycles. The van der Waals surface area contributed by atoms with Gasteiger partial charge in [-0.25, -0.2) is 8.78 Å². The van der Waals surface area contributed by atoms with Crippen LogP contribution in [0, 0.1) is 11.6 Å². The SMILES string of the molecule is Fc1ccc(-c2ccc(-c3cc(-c4ccccc4)ncc3-c3ccccc3-c3cc(CCc4ccc(-c5ccccc5)nc4)cc(CCc4ccc(-c5ccccc5)nc4)c3)c(F)c2)cc1. The number of hydrogen-bond donors (Lipinski definition) is 0. The molecule has 0 aliphatic carbocycles. The van der Waals surface area contributed by atoms with E-state index in [9.17, 15) is 4.39 Å². The third-order valence-electron chi connectivity index (χ3n) is 12.2. The van der Waals surface area contributed by atoms with E-state index in [1.54, 1.807) is 12.1 Å². The Morgan fingerprint density at radius 2 is 0.758 bits per heavy atom. The summed E-state index contributed by atoms with van der Waals surface area (Å²) in [5.74, 6) is -0.707. The lowest BCUT2D eigenvalue weighted by molar-refractivity contribution is 0.628. The Morgan fingerprint density at radius 1 is 0.273 bits per heavy atom. The number of aryl methyl sites for hydroxylation is 4. The molecular weight excluding hydrogens is 813 g/mol. The first-order valence-corrected chi connectivity index (χ1v) is 22.4. The molecule has 0 unspecified atom stereocenters. The summed E-state index contributed by atoms with van der Waals surface area (Å²) in [6.07, 6.45) is 9.19. The molecule has 7 aromatic carbocycles. The van der Waals surface area contributed by atoms with E-state index >= 15 is 4.39 Å². The van der Waals surface area contributed by atoms with Gasteiger partial charge in [0.15, 0.2) is 0 Å². The van der Waals surface area contributed by atoms with Crippen molar-refractivity contribution in [3.63, 3.8) is 0 Å². The summed E-state index contributed by atoms with van der Waals surface area (Å²) < 4.78 is 30.4. The number of pyridine rings is 3. The minimum Gasteiger partial charge on any atom is -0.256 e. The predicted octanol–water partition coefficient (Wildman–Crippen LogP) is 15.4. The highest BCUT2D eigenvalue weighted by atomic mass is 19.1. The molecule has 0 spiro atoms. The van der Waals surface area contributed by atoms with Crippen LogP contribution in [0.2, 0.25) is 0 Å². The molecule has 0 atom stereocenters. The summed E-state index contributed by atoms with van der Waals surface area (Å²) in [5, 5.41) is 0. The zero-order chi connectivity index (χ0) is 44.7. The first-order chi connectivity index (χ1) is 32.5. The van der Waals surface area contributed by atoms with Gasteiger partial charge < -0.3 is 0 Å². The van der Waals surface area contributed by atoms with E-state index in [1.165, 1.54) is 40.5 Å². The van der Waals surface area contributed by atoms with Crippen LogP contribution in [0.15, 0.2) is 225 Å². The van der Waals surface area contributed by atoms with Crippen molar-refractivity contribution in [3.8, 4) is 78.3 Å². The zero-order valence-corrected chi connectivity index (χ0v) is 36.3. The molecule has 10 rings (SSSR count). The van der Waals surface area contributed by atoms with E-state index in [0.717, 1.165) is 92.8 Å². The fourth-order valence-electron chi connectivity index (χ4n) is 8.67. The molecule has 3 nitrogen and oxygen atoms in total. The number of hydrogen-bond acceptors (Lipinski definition) is 3. The Kier molecular flexibility index (Phi) is 12.2.